The molecule has 1 aliphatic carbocycles. The van der Waals surface area contributed by atoms with Gasteiger partial charge in [-0.3, -0.25) is 4.79 Å². The zero-order chi connectivity index (χ0) is 24.5. The number of carbonyl (C=O) groups is 1. The molecule has 1 amide bonds. The zero-order valence-electron chi connectivity index (χ0n) is 19.6. The number of hydrogen-bond acceptors (Lipinski definition) is 4. The number of likely N-dealkylation sites (tertiary alicyclic amines) is 1. The van der Waals surface area contributed by atoms with E-state index >= 15 is 0 Å². The molecule has 6 nitrogen and oxygen atoms in total. The van der Waals surface area contributed by atoms with Gasteiger partial charge >= 0.3 is 6.18 Å². The molecule has 1 saturated heterocycles. The van der Waals surface area contributed by atoms with Gasteiger partial charge in [-0.2, -0.15) is 18.3 Å². The van der Waals surface area contributed by atoms with Crippen LogP contribution < -0.4 is 4.74 Å². The monoisotopic (exact) mass is 472 g/mol. The van der Waals surface area contributed by atoms with E-state index in [1.807, 2.05) is 4.90 Å². The lowest BCUT2D eigenvalue weighted by molar-refractivity contribution is -0.142. The lowest BCUT2D eigenvalue weighted by atomic mass is 9.65. The number of alkyl halides is 3. The fourth-order valence-corrected chi connectivity index (χ4v) is 6.10. The Kier molecular flexibility index (Phi) is 4.97. The topological polar surface area (TPSA) is 59.7 Å². The largest absolute Gasteiger partial charge is 0.497 e. The van der Waals surface area contributed by atoms with Crippen molar-refractivity contribution in [3.63, 3.8) is 0 Å². The maximum atomic E-state index is 14.0. The van der Waals surface area contributed by atoms with Gasteiger partial charge in [0.15, 0.2) is 11.3 Å². The SMILES string of the molecule is COc1cccc(-c2cc(C(F)(F)F)n3ncc(C(=O)N4CC5(C)CC4CC(C)(C)C5)c3n2)c1. The van der Waals surface area contributed by atoms with Crippen molar-refractivity contribution < 1.29 is 22.7 Å². The molecule has 5 rings (SSSR count). The molecule has 9 heteroatoms. The number of halogens is 3. The Hall–Kier alpha value is -3.10. The third kappa shape index (κ3) is 3.80. The van der Waals surface area contributed by atoms with E-state index in [-0.39, 0.29) is 39.7 Å². The number of methoxy groups -OCH3 is 1. The van der Waals surface area contributed by atoms with Crippen LogP contribution in [0.5, 0.6) is 5.75 Å². The summed E-state index contributed by atoms with van der Waals surface area (Å²) in [7, 11) is 1.48. The molecule has 2 unspecified atom stereocenters. The highest BCUT2D eigenvalue weighted by molar-refractivity contribution is 6.00. The van der Waals surface area contributed by atoms with E-state index in [0.29, 0.717) is 17.9 Å². The molecule has 3 heterocycles. The van der Waals surface area contributed by atoms with Crippen molar-refractivity contribution in [2.45, 2.75) is 52.3 Å². The molecule has 1 aliphatic heterocycles. The van der Waals surface area contributed by atoms with Gasteiger partial charge in [0.05, 0.1) is 19.0 Å². The Morgan fingerprint density at radius 3 is 2.65 bits per heavy atom. The van der Waals surface area contributed by atoms with Crippen molar-refractivity contribution in [2.24, 2.45) is 10.8 Å². The summed E-state index contributed by atoms with van der Waals surface area (Å²) in [6.07, 6.45) is -0.694. The van der Waals surface area contributed by atoms with Crippen LogP contribution in [0.4, 0.5) is 13.2 Å². The first kappa shape index (κ1) is 22.7. The number of amides is 1. The van der Waals surface area contributed by atoms with Gasteiger partial charge in [-0.05, 0) is 48.3 Å². The van der Waals surface area contributed by atoms with Crippen LogP contribution in [0.2, 0.25) is 0 Å². The molecule has 2 bridgehead atoms. The van der Waals surface area contributed by atoms with Crippen LogP contribution in [0.15, 0.2) is 36.5 Å². The Morgan fingerprint density at radius 2 is 1.94 bits per heavy atom. The lowest BCUT2D eigenvalue weighted by Gasteiger charge is -2.39. The number of rotatable bonds is 3. The van der Waals surface area contributed by atoms with Gasteiger partial charge < -0.3 is 9.64 Å². The number of ether oxygens (including phenoxy) is 1. The standard InChI is InChI=1S/C25H27F3N4O2/c1-23(2)10-16-11-24(3,13-23)14-31(16)22(33)18-12-29-32-20(25(26,27)28)9-19(30-21(18)32)15-6-5-7-17(8-15)34-4/h5-9,12,16H,10-11,13-14H2,1-4H3. The third-order valence-corrected chi connectivity index (χ3v) is 7.03. The molecule has 2 aliphatic rings. The molecule has 0 spiro atoms. The highest BCUT2D eigenvalue weighted by atomic mass is 19.4. The van der Waals surface area contributed by atoms with Gasteiger partial charge in [-0.25, -0.2) is 9.50 Å². The van der Waals surface area contributed by atoms with Crippen molar-refractivity contribution in [1.29, 1.82) is 0 Å². The maximum Gasteiger partial charge on any atom is 0.433 e. The first-order valence-corrected chi connectivity index (χ1v) is 11.3. The van der Waals surface area contributed by atoms with Gasteiger partial charge in [0.2, 0.25) is 0 Å². The number of nitrogens with zero attached hydrogens (tertiary/aromatic N) is 4. The van der Waals surface area contributed by atoms with E-state index < -0.39 is 11.9 Å². The second-order valence-electron chi connectivity index (χ2n) is 10.7. The fourth-order valence-electron chi connectivity index (χ4n) is 6.10. The van der Waals surface area contributed by atoms with Crippen molar-refractivity contribution in [2.75, 3.05) is 13.7 Å². The first-order valence-electron chi connectivity index (χ1n) is 11.3. The predicted octanol–water partition coefficient (Wildman–Crippen LogP) is 5.46. The van der Waals surface area contributed by atoms with E-state index in [9.17, 15) is 18.0 Å². The molecule has 0 radical (unpaired) electrons. The minimum absolute atomic E-state index is 0.00134. The summed E-state index contributed by atoms with van der Waals surface area (Å²) in [6, 6.07) is 7.67. The van der Waals surface area contributed by atoms with Gasteiger partial charge in [-0.15, -0.1) is 0 Å². The fraction of sp³-hybridized carbons (Fsp3) is 0.480. The molecule has 180 valence electrons. The molecular weight excluding hydrogens is 445 g/mol. The number of benzene rings is 1. The van der Waals surface area contributed by atoms with Crippen LogP contribution in [-0.2, 0) is 6.18 Å². The van der Waals surface area contributed by atoms with Crippen molar-refractivity contribution in [3.8, 4) is 17.0 Å². The molecule has 0 N–H and O–H groups in total. The summed E-state index contributed by atoms with van der Waals surface area (Å²) >= 11 is 0. The van der Waals surface area contributed by atoms with Crippen molar-refractivity contribution in [1.82, 2.24) is 19.5 Å². The van der Waals surface area contributed by atoms with Crippen LogP contribution in [-0.4, -0.2) is 45.1 Å². The van der Waals surface area contributed by atoms with Crippen LogP contribution in [0.1, 0.15) is 56.1 Å². The van der Waals surface area contributed by atoms with Crippen molar-refractivity contribution in [3.05, 3.63) is 47.8 Å². The van der Waals surface area contributed by atoms with Gasteiger partial charge in [0.1, 0.15) is 11.3 Å². The van der Waals surface area contributed by atoms with E-state index in [1.165, 1.54) is 13.3 Å². The Bertz CT molecular complexity index is 1280. The van der Waals surface area contributed by atoms with E-state index in [4.69, 9.17) is 4.74 Å². The number of carbonyl (C=O) groups excluding carboxylic acids is 1. The van der Waals surface area contributed by atoms with Crippen LogP contribution in [0.25, 0.3) is 16.9 Å². The summed E-state index contributed by atoms with van der Waals surface area (Å²) < 4.78 is 47.9. The van der Waals surface area contributed by atoms with Gasteiger partial charge in [-0.1, -0.05) is 32.9 Å². The highest BCUT2D eigenvalue weighted by Gasteiger charge is 2.51. The van der Waals surface area contributed by atoms with Gasteiger partial charge in [0, 0.05) is 18.2 Å². The summed E-state index contributed by atoms with van der Waals surface area (Å²) in [5, 5.41) is 3.94. The molecule has 1 aromatic carbocycles. The minimum atomic E-state index is -4.68. The summed E-state index contributed by atoms with van der Waals surface area (Å²) in [6.45, 7) is 7.18. The molecule has 1 saturated carbocycles. The minimum Gasteiger partial charge on any atom is -0.497 e. The highest BCUT2D eigenvalue weighted by Crippen LogP contribution is 2.52. The van der Waals surface area contributed by atoms with Crippen LogP contribution >= 0.6 is 0 Å². The van der Waals surface area contributed by atoms with E-state index in [2.05, 4.69) is 30.9 Å². The van der Waals surface area contributed by atoms with E-state index in [0.717, 1.165) is 29.8 Å². The molecule has 2 atom stereocenters. The maximum absolute atomic E-state index is 14.0. The van der Waals surface area contributed by atoms with Gasteiger partial charge in [0.25, 0.3) is 5.91 Å². The molecule has 34 heavy (non-hydrogen) atoms. The third-order valence-electron chi connectivity index (χ3n) is 7.03. The second kappa shape index (κ2) is 7.45. The lowest BCUT2D eigenvalue weighted by Crippen LogP contribution is -2.37. The summed E-state index contributed by atoms with van der Waals surface area (Å²) in [5.74, 6) is 0.183. The normalized spacial score (nSPS) is 24.0. The average molecular weight is 473 g/mol. The summed E-state index contributed by atoms with van der Waals surface area (Å²) in [5.41, 5.74) is -0.328. The zero-order valence-corrected chi connectivity index (χ0v) is 19.6. The number of hydrogen-bond donors (Lipinski definition) is 0. The Balaban J connectivity index is 1.62. The molecule has 2 fully saturated rings. The van der Waals surface area contributed by atoms with Crippen LogP contribution in [0, 0.1) is 10.8 Å². The Labute approximate surface area is 195 Å². The molecule has 2 aromatic heterocycles. The number of aromatic nitrogens is 3. The predicted molar refractivity (Wildman–Crippen MR) is 121 cm³/mol. The summed E-state index contributed by atoms with van der Waals surface area (Å²) in [4.78, 5) is 20.0. The smallest absolute Gasteiger partial charge is 0.433 e. The van der Waals surface area contributed by atoms with E-state index in [1.54, 1.807) is 24.3 Å². The van der Waals surface area contributed by atoms with Crippen LogP contribution in [0.3, 0.4) is 0 Å². The molecule has 3 aromatic rings. The van der Waals surface area contributed by atoms with Crippen molar-refractivity contribution >= 4 is 11.6 Å². The second-order valence-corrected chi connectivity index (χ2v) is 10.7. The number of fused-ring (bicyclic) bond motifs is 3. The molecular formula is C25H27F3N4O2. The quantitative estimate of drug-likeness (QED) is 0.508. The Morgan fingerprint density at radius 1 is 1.18 bits per heavy atom. The average Bonchev–Trinajstić information content (AvgIpc) is 3.28. The first-order chi connectivity index (χ1) is 15.9.